The monoisotopic (exact) mass is 377 g/mol. The zero-order chi connectivity index (χ0) is 18.7. The summed E-state index contributed by atoms with van der Waals surface area (Å²) in [6.45, 7) is 1.000. The zero-order valence-electron chi connectivity index (χ0n) is 15.1. The van der Waals surface area contributed by atoms with Crippen LogP contribution in [0.15, 0.2) is 42.5 Å². The number of rotatable bonds is 5. The van der Waals surface area contributed by atoms with Gasteiger partial charge in [0.1, 0.15) is 5.82 Å². The first-order valence-electron chi connectivity index (χ1n) is 8.74. The van der Waals surface area contributed by atoms with Crippen molar-refractivity contribution in [3.63, 3.8) is 0 Å². The first-order chi connectivity index (χ1) is 12.4. The summed E-state index contributed by atoms with van der Waals surface area (Å²) in [7, 11) is -0.288. The molecule has 0 spiro atoms. The average molecular weight is 377 g/mol. The normalized spacial score (nSPS) is 19.0. The standard InChI is InChI=1S/C19H24FN3O2S/c1-22(2)26(24,25)23-12-4-5-16(14-23)19-7-3-6-18(21-19)13-15-8-10-17(20)11-9-15/h3,6-11,16H,4-5,12-14H2,1-2H3/t16-/m0/s1. The Morgan fingerprint density at radius 2 is 1.92 bits per heavy atom. The van der Waals surface area contributed by atoms with Crippen LogP contribution in [0, 0.1) is 5.82 Å². The highest BCUT2D eigenvalue weighted by Crippen LogP contribution is 2.28. The minimum absolute atomic E-state index is 0.0895. The third kappa shape index (κ3) is 4.28. The Morgan fingerprint density at radius 3 is 2.62 bits per heavy atom. The molecule has 2 heterocycles. The largest absolute Gasteiger partial charge is 0.281 e. The van der Waals surface area contributed by atoms with Crippen LogP contribution in [0.5, 0.6) is 0 Å². The quantitative estimate of drug-likeness (QED) is 0.805. The molecular formula is C19H24FN3O2S. The lowest BCUT2D eigenvalue weighted by Crippen LogP contribution is -2.45. The molecule has 2 aromatic rings. The summed E-state index contributed by atoms with van der Waals surface area (Å²) < 4.78 is 40.6. The molecular weight excluding hydrogens is 353 g/mol. The van der Waals surface area contributed by atoms with Gasteiger partial charge in [-0.1, -0.05) is 18.2 Å². The molecule has 1 fully saturated rings. The minimum Gasteiger partial charge on any atom is -0.257 e. The van der Waals surface area contributed by atoms with Crippen LogP contribution >= 0.6 is 0 Å². The number of piperidine rings is 1. The van der Waals surface area contributed by atoms with Crippen molar-refractivity contribution in [1.82, 2.24) is 13.6 Å². The van der Waals surface area contributed by atoms with Gasteiger partial charge in [-0.05, 0) is 42.7 Å². The highest BCUT2D eigenvalue weighted by Gasteiger charge is 2.31. The van der Waals surface area contributed by atoms with Crippen LogP contribution in [0.3, 0.4) is 0 Å². The van der Waals surface area contributed by atoms with Crippen molar-refractivity contribution >= 4 is 10.2 Å². The van der Waals surface area contributed by atoms with E-state index in [1.165, 1.54) is 20.7 Å². The second-order valence-electron chi connectivity index (χ2n) is 6.84. The van der Waals surface area contributed by atoms with Crippen molar-refractivity contribution < 1.29 is 12.8 Å². The number of nitrogens with zero attached hydrogens (tertiary/aromatic N) is 3. The van der Waals surface area contributed by atoms with Gasteiger partial charge in [0.25, 0.3) is 10.2 Å². The second-order valence-corrected chi connectivity index (χ2v) is 8.99. The molecule has 0 radical (unpaired) electrons. The summed E-state index contributed by atoms with van der Waals surface area (Å²) in [5, 5.41) is 0. The van der Waals surface area contributed by atoms with Crippen LogP contribution in [-0.4, -0.2) is 49.2 Å². The van der Waals surface area contributed by atoms with Crippen molar-refractivity contribution in [2.24, 2.45) is 0 Å². The summed E-state index contributed by atoms with van der Waals surface area (Å²) in [4.78, 5) is 4.75. The van der Waals surface area contributed by atoms with Crippen molar-refractivity contribution in [2.45, 2.75) is 25.2 Å². The van der Waals surface area contributed by atoms with Gasteiger partial charge in [-0.3, -0.25) is 4.98 Å². The summed E-state index contributed by atoms with van der Waals surface area (Å²) >= 11 is 0. The molecule has 3 rings (SSSR count). The van der Waals surface area contributed by atoms with Gasteiger partial charge in [0.05, 0.1) is 0 Å². The van der Waals surface area contributed by atoms with E-state index in [1.807, 2.05) is 18.2 Å². The molecule has 0 aliphatic carbocycles. The maximum atomic E-state index is 13.0. The molecule has 26 heavy (non-hydrogen) atoms. The maximum Gasteiger partial charge on any atom is 0.281 e. The van der Waals surface area contributed by atoms with Crippen LogP contribution in [0.4, 0.5) is 4.39 Å². The van der Waals surface area contributed by atoms with Gasteiger partial charge in [-0.15, -0.1) is 0 Å². The Morgan fingerprint density at radius 1 is 1.19 bits per heavy atom. The van der Waals surface area contributed by atoms with Crippen molar-refractivity contribution in [3.05, 3.63) is 65.2 Å². The van der Waals surface area contributed by atoms with Gasteiger partial charge in [-0.2, -0.15) is 17.0 Å². The Hall–Kier alpha value is -1.83. The van der Waals surface area contributed by atoms with Crippen LogP contribution in [0.2, 0.25) is 0 Å². The van der Waals surface area contributed by atoms with Gasteiger partial charge < -0.3 is 0 Å². The first-order valence-corrected chi connectivity index (χ1v) is 10.1. The van der Waals surface area contributed by atoms with Crippen LogP contribution < -0.4 is 0 Å². The number of aromatic nitrogens is 1. The smallest absolute Gasteiger partial charge is 0.257 e. The fourth-order valence-electron chi connectivity index (χ4n) is 3.26. The number of benzene rings is 1. The van der Waals surface area contributed by atoms with Crippen LogP contribution in [0.25, 0.3) is 0 Å². The minimum atomic E-state index is -3.40. The number of hydrogen-bond donors (Lipinski definition) is 0. The molecule has 1 aromatic heterocycles. The van der Waals surface area contributed by atoms with Crippen molar-refractivity contribution in [3.8, 4) is 0 Å². The molecule has 0 bridgehead atoms. The fourth-order valence-corrected chi connectivity index (χ4v) is 4.45. The Labute approximate surface area is 154 Å². The van der Waals surface area contributed by atoms with E-state index in [2.05, 4.69) is 0 Å². The summed E-state index contributed by atoms with van der Waals surface area (Å²) in [6, 6.07) is 12.3. The molecule has 0 amide bonds. The summed E-state index contributed by atoms with van der Waals surface area (Å²) in [5.41, 5.74) is 2.82. The lowest BCUT2D eigenvalue weighted by molar-refractivity contribution is 0.296. The van der Waals surface area contributed by atoms with E-state index in [9.17, 15) is 12.8 Å². The molecule has 1 aliphatic rings. The van der Waals surface area contributed by atoms with E-state index < -0.39 is 10.2 Å². The van der Waals surface area contributed by atoms with E-state index >= 15 is 0 Å². The van der Waals surface area contributed by atoms with Gasteiger partial charge in [0.15, 0.2) is 0 Å². The Kier molecular flexibility index (Phi) is 5.70. The molecule has 0 saturated carbocycles. The van der Waals surface area contributed by atoms with E-state index in [4.69, 9.17) is 4.98 Å². The molecule has 0 N–H and O–H groups in total. The number of pyridine rings is 1. The molecule has 0 unspecified atom stereocenters. The lowest BCUT2D eigenvalue weighted by atomic mass is 9.95. The molecule has 1 aliphatic heterocycles. The number of halogens is 1. The van der Waals surface area contributed by atoms with Gasteiger partial charge in [0.2, 0.25) is 0 Å². The molecule has 1 atom stereocenters. The van der Waals surface area contributed by atoms with Gasteiger partial charge in [0, 0.05) is 50.9 Å². The van der Waals surface area contributed by atoms with Gasteiger partial charge >= 0.3 is 0 Å². The van der Waals surface area contributed by atoms with Crippen LogP contribution in [0.1, 0.15) is 35.7 Å². The topological polar surface area (TPSA) is 53.5 Å². The Bertz CT molecular complexity index is 853. The third-order valence-corrected chi connectivity index (χ3v) is 6.62. The first kappa shape index (κ1) is 18.9. The van der Waals surface area contributed by atoms with E-state index in [-0.39, 0.29) is 11.7 Å². The highest BCUT2D eigenvalue weighted by molar-refractivity contribution is 7.86. The predicted octanol–water partition coefficient (Wildman–Crippen LogP) is 2.80. The molecule has 5 nitrogen and oxygen atoms in total. The SMILES string of the molecule is CN(C)S(=O)(=O)N1CCC[C@H](c2cccc(Cc3ccc(F)cc3)n2)C1. The van der Waals surface area contributed by atoms with Crippen molar-refractivity contribution in [2.75, 3.05) is 27.2 Å². The second kappa shape index (κ2) is 7.82. The summed E-state index contributed by atoms with van der Waals surface area (Å²) in [5.74, 6) is -0.161. The van der Waals surface area contributed by atoms with Crippen molar-refractivity contribution in [1.29, 1.82) is 0 Å². The predicted molar refractivity (Wildman–Crippen MR) is 99.6 cm³/mol. The van der Waals surface area contributed by atoms with E-state index in [0.29, 0.717) is 19.5 Å². The average Bonchev–Trinajstić information content (AvgIpc) is 2.64. The molecule has 1 saturated heterocycles. The van der Waals surface area contributed by atoms with Gasteiger partial charge in [-0.25, -0.2) is 4.39 Å². The number of hydrogen-bond acceptors (Lipinski definition) is 3. The highest BCUT2D eigenvalue weighted by atomic mass is 32.2. The van der Waals surface area contributed by atoms with Crippen LogP contribution in [-0.2, 0) is 16.6 Å². The fraction of sp³-hybridized carbons (Fsp3) is 0.421. The molecule has 140 valence electrons. The third-order valence-electron chi connectivity index (χ3n) is 4.72. The van der Waals surface area contributed by atoms with E-state index in [1.54, 1.807) is 26.2 Å². The Balaban J connectivity index is 1.76. The van der Waals surface area contributed by atoms with E-state index in [0.717, 1.165) is 29.8 Å². The molecule has 1 aromatic carbocycles. The maximum absolute atomic E-state index is 13.0. The zero-order valence-corrected chi connectivity index (χ0v) is 15.9. The molecule has 7 heteroatoms. The lowest BCUT2D eigenvalue weighted by Gasteiger charge is -2.33. The summed E-state index contributed by atoms with van der Waals surface area (Å²) in [6.07, 6.45) is 2.37.